The zero-order chi connectivity index (χ0) is 11.8. The van der Waals surface area contributed by atoms with Gasteiger partial charge >= 0.3 is 0 Å². The molecule has 0 saturated heterocycles. The topological polar surface area (TPSA) is 56.8 Å². The molecule has 0 fully saturated rings. The summed E-state index contributed by atoms with van der Waals surface area (Å²) in [6, 6.07) is 5.51. The maximum atomic E-state index is 5.46. The molecule has 2 N–H and O–H groups in total. The highest BCUT2D eigenvalue weighted by Gasteiger charge is 2.04. The lowest BCUT2D eigenvalue weighted by Gasteiger charge is -2.11. The predicted octanol–water partition coefficient (Wildman–Crippen LogP) is 1.94. The molecule has 0 bridgehead atoms. The summed E-state index contributed by atoms with van der Waals surface area (Å²) in [4.78, 5) is 0. The van der Waals surface area contributed by atoms with Crippen LogP contribution in [-0.4, -0.2) is 19.4 Å². The summed E-state index contributed by atoms with van der Waals surface area (Å²) in [5.41, 5.74) is 0.872. The van der Waals surface area contributed by atoms with E-state index in [1.165, 1.54) is 0 Å². The lowest BCUT2D eigenvalue weighted by atomic mass is 10.2. The largest absolute Gasteiger partial charge is 0.490 e. The van der Waals surface area contributed by atoms with Crippen molar-refractivity contribution >= 4 is 6.21 Å². The average molecular weight is 220 g/mol. The van der Waals surface area contributed by atoms with Gasteiger partial charge in [0.1, 0.15) is 6.61 Å². The van der Waals surface area contributed by atoms with Crippen LogP contribution in [0.5, 0.6) is 11.5 Å². The molecule has 86 valence electrons. The maximum absolute atomic E-state index is 5.46. The third-order valence-electron chi connectivity index (χ3n) is 1.85. The van der Waals surface area contributed by atoms with Crippen LogP contribution in [0.2, 0.25) is 0 Å². The molecule has 0 unspecified atom stereocenters. The highest BCUT2D eigenvalue weighted by molar-refractivity contribution is 5.80. The molecular formula is C12H16N2O2. The van der Waals surface area contributed by atoms with Crippen molar-refractivity contribution in [1.82, 2.24) is 0 Å². The Morgan fingerprint density at radius 1 is 1.38 bits per heavy atom. The normalized spacial score (nSPS) is 10.3. The van der Waals surface area contributed by atoms with Crippen molar-refractivity contribution in [2.45, 2.75) is 6.92 Å². The van der Waals surface area contributed by atoms with Crippen LogP contribution in [0.1, 0.15) is 12.5 Å². The van der Waals surface area contributed by atoms with Gasteiger partial charge < -0.3 is 15.3 Å². The second-order valence-corrected chi connectivity index (χ2v) is 3.02. The standard InChI is InChI=1S/C12H16N2O2/c1-3-7-16-11-6-5-10(9-14-13)8-12(11)15-4-2/h3,5-6,8-9H,1,4,7,13H2,2H3. The molecule has 0 aliphatic heterocycles. The van der Waals surface area contributed by atoms with Crippen molar-refractivity contribution in [3.8, 4) is 11.5 Å². The third kappa shape index (κ3) is 3.31. The van der Waals surface area contributed by atoms with Gasteiger partial charge in [0.15, 0.2) is 11.5 Å². The van der Waals surface area contributed by atoms with E-state index >= 15 is 0 Å². The van der Waals surface area contributed by atoms with Crippen LogP contribution in [0, 0.1) is 0 Å². The SMILES string of the molecule is C=CCOc1ccc(C=NN)cc1OCC. The monoisotopic (exact) mass is 220 g/mol. The molecule has 4 nitrogen and oxygen atoms in total. The van der Waals surface area contributed by atoms with Gasteiger partial charge in [0.05, 0.1) is 12.8 Å². The fourth-order valence-electron chi connectivity index (χ4n) is 1.23. The molecular weight excluding hydrogens is 204 g/mol. The number of rotatable bonds is 6. The van der Waals surface area contributed by atoms with E-state index in [-0.39, 0.29) is 0 Å². The molecule has 0 aliphatic rings. The van der Waals surface area contributed by atoms with Gasteiger partial charge in [-0.2, -0.15) is 5.10 Å². The van der Waals surface area contributed by atoms with E-state index in [1.54, 1.807) is 12.3 Å². The van der Waals surface area contributed by atoms with E-state index in [2.05, 4.69) is 11.7 Å². The van der Waals surface area contributed by atoms with E-state index in [9.17, 15) is 0 Å². The Labute approximate surface area is 95.4 Å². The second kappa shape index (κ2) is 6.50. The summed E-state index contributed by atoms with van der Waals surface area (Å²) in [5, 5.41) is 3.46. The number of nitrogens with zero attached hydrogens (tertiary/aromatic N) is 1. The molecule has 0 aromatic heterocycles. The molecule has 1 rings (SSSR count). The summed E-state index contributed by atoms with van der Waals surface area (Å²) in [6.07, 6.45) is 3.24. The number of benzene rings is 1. The van der Waals surface area contributed by atoms with Gasteiger partial charge in [0.25, 0.3) is 0 Å². The smallest absolute Gasteiger partial charge is 0.161 e. The minimum Gasteiger partial charge on any atom is -0.490 e. The van der Waals surface area contributed by atoms with Crippen LogP contribution < -0.4 is 15.3 Å². The Morgan fingerprint density at radius 3 is 2.81 bits per heavy atom. The molecule has 0 atom stereocenters. The Hall–Kier alpha value is -1.97. The highest BCUT2D eigenvalue weighted by Crippen LogP contribution is 2.27. The number of ether oxygens (including phenoxy) is 2. The van der Waals surface area contributed by atoms with Gasteiger partial charge in [0.2, 0.25) is 0 Å². The minimum atomic E-state index is 0.449. The molecule has 0 spiro atoms. The third-order valence-corrected chi connectivity index (χ3v) is 1.85. The summed E-state index contributed by atoms with van der Waals surface area (Å²) < 4.78 is 10.9. The van der Waals surface area contributed by atoms with Crippen LogP contribution in [0.25, 0.3) is 0 Å². The molecule has 0 radical (unpaired) electrons. The quantitative estimate of drug-likeness (QED) is 0.345. The van der Waals surface area contributed by atoms with Gasteiger partial charge in [-0.15, -0.1) is 0 Å². The Morgan fingerprint density at radius 2 is 2.19 bits per heavy atom. The highest BCUT2D eigenvalue weighted by atomic mass is 16.5. The van der Waals surface area contributed by atoms with Gasteiger partial charge in [-0.1, -0.05) is 12.7 Å². The zero-order valence-corrected chi connectivity index (χ0v) is 9.35. The number of hydrogen-bond acceptors (Lipinski definition) is 4. The van der Waals surface area contributed by atoms with E-state index in [0.29, 0.717) is 24.7 Å². The zero-order valence-electron chi connectivity index (χ0n) is 9.35. The van der Waals surface area contributed by atoms with Crippen LogP contribution in [0.15, 0.2) is 36.0 Å². The van der Waals surface area contributed by atoms with Crippen molar-refractivity contribution in [2.24, 2.45) is 10.9 Å². The first-order valence-electron chi connectivity index (χ1n) is 5.05. The van der Waals surface area contributed by atoms with Crippen LogP contribution >= 0.6 is 0 Å². The molecule has 1 aromatic rings. The Kier molecular flexibility index (Phi) is 4.92. The second-order valence-electron chi connectivity index (χ2n) is 3.02. The van der Waals surface area contributed by atoms with E-state index in [4.69, 9.17) is 15.3 Å². The minimum absolute atomic E-state index is 0.449. The van der Waals surface area contributed by atoms with Gasteiger partial charge in [-0.05, 0) is 30.7 Å². The van der Waals surface area contributed by atoms with Crippen LogP contribution in [-0.2, 0) is 0 Å². The van der Waals surface area contributed by atoms with Gasteiger partial charge in [0, 0.05) is 0 Å². The first-order chi connectivity index (χ1) is 7.81. The van der Waals surface area contributed by atoms with Crippen molar-refractivity contribution in [3.63, 3.8) is 0 Å². The summed E-state index contributed by atoms with van der Waals surface area (Å²) in [7, 11) is 0. The van der Waals surface area contributed by atoms with Gasteiger partial charge in [-0.25, -0.2) is 0 Å². The van der Waals surface area contributed by atoms with E-state index in [1.807, 2.05) is 25.1 Å². The molecule has 16 heavy (non-hydrogen) atoms. The van der Waals surface area contributed by atoms with Crippen LogP contribution in [0.3, 0.4) is 0 Å². The molecule has 1 aromatic carbocycles. The molecule has 0 heterocycles. The first kappa shape index (κ1) is 12.1. The molecule has 0 saturated carbocycles. The average Bonchev–Trinajstić information content (AvgIpc) is 2.29. The molecule has 0 aliphatic carbocycles. The van der Waals surface area contributed by atoms with Crippen molar-refractivity contribution in [1.29, 1.82) is 0 Å². The van der Waals surface area contributed by atoms with Gasteiger partial charge in [-0.3, -0.25) is 0 Å². The molecule has 0 amide bonds. The summed E-state index contributed by atoms with van der Waals surface area (Å²) in [6.45, 7) is 6.54. The maximum Gasteiger partial charge on any atom is 0.161 e. The predicted molar refractivity (Wildman–Crippen MR) is 65.1 cm³/mol. The lowest BCUT2D eigenvalue weighted by Crippen LogP contribution is -1.99. The fraction of sp³-hybridized carbons (Fsp3) is 0.250. The first-order valence-corrected chi connectivity index (χ1v) is 5.05. The van der Waals surface area contributed by atoms with E-state index in [0.717, 1.165) is 5.56 Å². The Bertz CT molecular complexity index is 375. The number of hydrazone groups is 1. The fourth-order valence-corrected chi connectivity index (χ4v) is 1.23. The van der Waals surface area contributed by atoms with Crippen molar-refractivity contribution < 1.29 is 9.47 Å². The lowest BCUT2D eigenvalue weighted by molar-refractivity contribution is 0.297. The van der Waals surface area contributed by atoms with Crippen molar-refractivity contribution in [3.05, 3.63) is 36.4 Å². The molecule has 4 heteroatoms. The van der Waals surface area contributed by atoms with Crippen molar-refractivity contribution in [2.75, 3.05) is 13.2 Å². The number of hydrogen-bond donors (Lipinski definition) is 1. The number of nitrogens with two attached hydrogens (primary N) is 1. The van der Waals surface area contributed by atoms with E-state index < -0.39 is 0 Å². The Balaban J connectivity index is 2.93. The van der Waals surface area contributed by atoms with Crippen LogP contribution in [0.4, 0.5) is 0 Å². The summed E-state index contributed by atoms with van der Waals surface area (Å²) >= 11 is 0. The summed E-state index contributed by atoms with van der Waals surface area (Å²) in [5.74, 6) is 6.46.